The summed E-state index contributed by atoms with van der Waals surface area (Å²) in [5, 5.41) is 12.3. The van der Waals surface area contributed by atoms with E-state index in [0.29, 0.717) is 6.54 Å². The normalized spacial score (nSPS) is 20.5. The maximum atomic E-state index is 11.6. The standard InChI is InChI=1S/C20H30N2O5/c1-25-20(24)17-6-9-21(10-7-17)14-18(23)15-26-19-5-2-4-16(12-19)13-22-8-3-11-27-22/h2,4-5,12,17-18,23H,3,6-11,13-15H2,1H3. The van der Waals surface area contributed by atoms with E-state index in [9.17, 15) is 9.90 Å². The van der Waals surface area contributed by atoms with Crippen molar-refractivity contribution in [3.8, 4) is 5.75 Å². The van der Waals surface area contributed by atoms with E-state index in [1.807, 2.05) is 23.3 Å². The molecule has 0 bridgehead atoms. The van der Waals surface area contributed by atoms with Crippen LogP contribution < -0.4 is 4.74 Å². The third kappa shape index (κ3) is 6.17. The van der Waals surface area contributed by atoms with Gasteiger partial charge in [0.1, 0.15) is 18.5 Å². The lowest BCUT2D eigenvalue weighted by atomic mass is 9.97. The molecule has 0 radical (unpaired) electrons. The van der Waals surface area contributed by atoms with Crippen LogP contribution in [0, 0.1) is 5.92 Å². The molecule has 1 aromatic carbocycles. The number of hydrogen-bond donors (Lipinski definition) is 1. The Morgan fingerprint density at radius 2 is 2.15 bits per heavy atom. The van der Waals surface area contributed by atoms with Gasteiger partial charge in [-0.15, -0.1) is 0 Å². The minimum atomic E-state index is -0.565. The van der Waals surface area contributed by atoms with E-state index in [1.54, 1.807) is 0 Å². The van der Waals surface area contributed by atoms with Crippen LogP contribution in [0.1, 0.15) is 24.8 Å². The number of esters is 1. The molecule has 0 amide bonds. The first-order valence-corrected chi connectivity index (χ1v) is 9.72. The number of piperidine rings is 1. The van der Waals surface area contributed by atoms with Crippen molar-refractivity contribution < 1.29 is 24.2 Å². The quantitative estimate of drug-likeness (QED) is 0.687. The number of hydroxylamine groups is 2. The van der Waals surface area contributed by atoms with Gasteiger partial charge in [-0.05, 0) is 50.0 Å². The van der Waals surface area contributed by atoms with Crippen LogP contribution in [0.5, 0.6) is 5.75 Å². The van der Waals surface area contributed by atoms with E-state index in [4.69, 9.17) is 14.3 Å². The fourth-order valence-corrected chi connectivity index (χ4v) is 3.62. The van der Waals surface area contributed by atoms with Gasteiger partial charge in [0.15, 0.2) is 0 Å². The van der Waals surface area contributed by atoms with Crippen molar-refractivity contribution in [3.05, 3.63) is 29.8 Å². The highest BCUT2D eigenvalue weighted by Gasteiger charge is 2.26. The molecule has 1 N–H and O–H groups in total. The maximum absolute atomic E-state index is 11.6. The number of likely N-dealkylation sites (tertiary alicyclic amines) is 1. The van der Waals surface area contributed by atoms with E-state index in [-0.39, 0.29) is 18.5 Å². The monoisotopic (exact) mass is 378 g/mol. The summed E-state index contributed by atoms with van der Waals surface area (Å²) in [6.07, 6.45) is 2.06. The van der Waals surface area contributed by atoms with Gasteiger partial charge in [-0.25, -0.2) is 0 Å². The average Bonchev–Trinajstić information content (AvgIpc) is 3.20. The molecule has 150 valence electrons. The zero-order valence-corrected chi connectivity index (χ0v) is 16.0. The van der Waals surface area contributed by atoms with Crippen LogP contribution in [-0.2, 0) is 20.9 Å². The number of hydrogen-bond acceptors (Lipinski definition) is 7. The molecule has 1 aromatic rings. The number of carbonyl (C=O) groups excluding carboxylic acids is 1. The first-order chi connectivity index (χ1) is 13.1. The number of methoxy groups -OCH3 is 1. The largest absolute Gasteiger partial charge is 0.491 e. The number of carbonyl (C=O) groups is 1. The fraction of sp³-hybridized carbons (Fsp3) is 0.650. The van der Waals surface area contributed by atoms with Crippen LogP contribution in [0.15, 0.2) is 24.3 Å². The molecular formula is C20H30N2O5. The van der Waals surface area contributed by atoms with Gasteiger partial charge in [0.25, 0.3) is 0 Å². The molecule has 1 unspecified atom stereocenters. The first kappa shape index (κ1) is 20.1. The Labute approximate surface area is 160 Å². The summed E-state index contributed by atoms with van der Waals surface area (Å²) in [6.45, 7) is 4.88. The van der Waals surface area contributed by atoms with E-state index < -0.39 is 6.10 Å². The van der Waals surface area contributed by atoms with Crippen LogP contribution in [0.4, 0.5) is 0 Å². The summed E-state index contributed by atoms with van der Waals surface area (Å²) in [4.78, 5) is 19.3. The van der Waals surface area contributed by atoms with Gasteiger partial charge in [0.2, 0.25) is 0 Å². The molecule has 7 heteroatoms. The van der Waals surface area contributed by atoms with Crippen molar-refractivity contribution in [2.45, 2.75) is 31.9 Å². The highest BCUT2D eigenvalue weighted by Crippen LogP contribution is 2.19. The van der Waals surface area contributed by atoms with Gasteiger partial charge in [-0.3, -0.25) is 9.63 Å². The molecule has 1 atom stereocenters. The maximum Gasteiger partial charge on any atom is 0.308 e. The third-order valence-corrected chi connectivity index (χ3v) is 5.12. The van der Waals surface area contributed by atoms with Crippen molar-refractivity contribution in [1.29, 1.82) is 0 Å². The molecule has 3 rings (SSSR count). The Morgan fingerprint density at radius 3 is 2.85 bits per heavy atom. The van der Waals surface area contributed by atoms with Gasteiger partial charge in [-0.2, -0.15) is 5.06 Å². The Kier molecular flexibility index (Phi) is 7.46. The molecule has 2 fully saturated rings. The summed E-state index contributed by atoms with van der Waals surface area (Å²) >= 11 is 0. The minimum Gasteiger partial charge on any atom is -0.491 e. The number of aliphatic hydroxyl groups excluding tert-OH is 1. The molecule has 7 nitrogen and oxygen atoms in total. The van der Waals surface area contributed by atoms with Gasteiger partial charge < -0.3 is 19.5 Å². The van der Waals surface area contributed by atoms with Gasteiger partial charge in [0.05, 0.1) is 19.6 Å². The highest BCUT2D eigenvalue weighted by molar-refractivity contribution is 5.72. The summed E-state index contributed by atoms with van der Waals surface area (Å²) < 4.78 is 10.6. The topological polar surface area (TPSA) is 71.5 Å². The lowest BCUT2D eigenvalue weighted by Gasteiger charge is -2.31. The highest BCUT2D eigenvalue weighted by atomic mass is 16.7. The Hall–Kier alpha value is -1.67. The van der Waals surface area contributed by atoms with Crippen LogP contribution in [0.2, 0.25) is 0 Å². The lowest BCUT2D eigenvalue weighted by Crippen LogP contribution is -2.42. The van der Waals surface area contributed by atoms with Gasteiger partial charge >= 0.3 is 5.97 Å². The molecule has 2 heterocycles. The summed E-state index contributed by atoms with van der Waals surface area (Å²) in [5.74, 6) is 0.620. The number of benzene rings is 1. The molecule has 0 aliphatic carbocycles. The van der Waals surface area contributed by atoms with Gasteiger partial charge in [0, 0.05) is 19.6 Å². The van der Waals surface area contributed by atoms with Crippen LogP contribution in [-0.4, -0.2) is 73.6 Å². The van der Waals surface area contributed by atoms with Crippen LogP contribution >= 0.6 is 0 Å². The summed E-state index contributed by atoms with van der Waals surface area (Å²) in [5.41, 5.74) is 1.13. The van der Waals surface area contributed by atoms with Crippen molar-refractivity contribution in [2.24, 2.45) is 5.92 Å². The molecular weight excluding hydrogens is 348 g/mol. The Morgan fingerprint density at radius 1 is 1.33 bits per heavy atom. The van der Waals surface area contributed by atoms with E-state index in [2.05, 4.69) is 11.0 Å². The van der Waals surface area contributed by atoms with E-state index in [0.717, 1.165) is 63.4 Å². The second kappa shape index (κ2) is 10.0. The molecule has 2 saturated heterocycles. The second-order valence-corrected chi connectivity index (χ2v) is 7.26. The Bertz CT molecular complexity index is 598. The predicted molar refractivity (Wildman–Crippen MR) is 100 cm³/mol. The van der Waals surface area contributed by atoms with Gasteiger partial charge in [-0.1, -0.05) is 12.1 Å². The van der Waals surface area contributed by atoms with E-state index in [1.165, 1.54) is 7.11 Å². The number of nitrogens with zero attached hydrogens (tertiary/aromatic N) is 2. The van der Waals surface area contributed by atoms with Crippen LogP contribution in [0.25, 0.3) is 0 Å². The lowest BCUT2D eigenvalue weighted by molar-refractivity contribution is -0.147. The molecule has 0 saturated carbocycles. The molecule has 0 aromatic heterocycles. The number of β-amino-alcohol motifs (C(OH)–C–C–N with tert-alkyl or cyclic N) is 1. The minimum absolute atomic E-state index is 0.0121. The number of aliphatic hydroxyl groups is 1. The zero-order chi connectivity index (χ0) is 19.1. The van der Waals surface area contributed by atoms with Crippen molar-refractivity contribution >= 4 is 5.97 Å². The second-order valence-electron chi connectivity index (χ2n) is 7.26. The molecule has 0 spiro atoms. The van der Waals surface area contributed by atoms with Crippen LogP contribution in [0.3, 0.4) is 0 Å². The first-order valence-electron chi connectivity index (χ1n) is 9.72. The summed E-state index contributed by atoms with van der Waals surface area (Å²) in [7, 11) is 1.43. The SMILES string of the molecule is COC(=O)C1CCN(CC(O)COc2cccc(CN3CCCO3)c2)CC1. The van der Waals surface area contributed by atoms with E-state index >= 15 is 0 Å². The average molecular weight is 378 g/mol. The molecule has 27 heavy (non-hydrogen) atoms. The Balaban J connectivity index is 1.39. The van der Waals surface area contributed by atoms with Crippen molar-refractivity contribution in [1.82, 2.24) is 9.96 Å². The zero-order valence-electron chi connectivity index (χ0n) is 16.0. The van der Waals surface area contributed by atoms with Crippen molar-refractivity contribution in [2.75, 3.05) is 46.5 Å². The molecule has 2 aliphatic heterocycles. The summed E-state index contributed by atoms with van der Waals surface area (Å²) in [6, 6.07) is 7.92. The third-order valence-electron chi connectivity index (χ3n) is 5.12. The smallest absolute Gasteiger partial charge is 0.308 e. The number of ether oxygens (including phenoxy) is 2. The molecule has 2 aliphatic rings. The fourth-order valence-electron chi connectivity index (χ4n) is 3.62. The van der Waals surface area contributed by atoms with Crippen molar-refractivity contribution in [3.63, 3.8) is 0 Å². The number of rotatable bonds is 8. The predicted octanol–water partition coefficient (Wildman–Crippen LogP) is 1.45.